The predicted molar refractivity (Wildman–Crippen MR) is 112 cm³/mol. The normalized spacial score (nSPS) is 10.5. The van der Waals surface area contributed by atoms with Crippen LogP contribution in [0.15, 0.2) is 42.6 Å². The number of ether oxygens (including phenoxy) is 4. The number of hydrogen-bond acceptors (Lipinski definition) is 6. The van der Waals surface area contributed by atoms with Gasteiger partial charge in [-0.15, -0.1) is 0 Å². The fourth-order valence-electron chi connectivity index (χ4n) is 2.99. The van der Waals surface area contributed by atoms with E-state index in [9.17, 15) is 4.79 Å². The van der Waals surface area contributed by atoms with Gasteiger partial charge in [-0.1, -0.05) is 6.92 Å². The van der Waals surface area contributed by atoms with E-state index >= 15 is 0 Å². The Hall–Kier alpha value is -3.48. The Morgan fingerprint density at radius 2 is 1.72 bits per heavy atom. The maximum absolute atomic E-state index is 12.9. The highest BCUT2D eigenvalue weighted by molar-refractivity contribution is 6.10. The third-order valence-electron chi connectivity index (χ3n) is 4.37. The Kier molecular flexibility index (Phi) is 6.39. The molecule has 7 heteroatoms. The first-order valence-electron chi connectivity index (χ1n) is 9.24. The van der Waals surface area contributed by atoms with Crippen LogP contribution in [0.4, 0.5) is 5.69 Å². The van der Waals surface area contributed by atoms with Crippen molar-refractivity contribution in [2.24, 2.45) is 0 Å². The van der Waals surface area contributed by atoms with Crippen molar-refractivity contribution in [2.75, 3.05) is 33.3 Å². The van der Waals surface area contributed by atoms with Crippen LogP contribution in [0.1, 0.15) is 23.7 Å². The van der Waals surface area contributed by atoms with Gasteiger partial charge in [0.1, 0.15) is 11.3 Å². The van der Waals surface area contributed by atoms with E-state index in [2.05, 4.69) is 10.3 Å². The molecular weight excluding hydrogens is 372 g/mol. The fourth-order valence-corrected chi connectivity index (χ4v) is 2.99. The summed E-state index contributed by atoms with van der Waals surface area (Å²) in [5.41, 5.74) is 1.71. The zero-order valence-corrected chi connectivity index (χ0v) is 16.9. The Morgan fingerprint density at radius 3 is 2.34 bits per heavy atom. The molecule has 2 aromatic carbocycles. The molecule has 7 nitrogen and oxygen atoms in total. The smallest absolute Gasteiger partial charge is 0.255 e. The van der Waals surface area contributed by atoms with Crippen molar-refractivity contribution in [3.05, 3.63) is 48.2 Å². The van der Waals surface area contributed by atoms with Crippen molar-refractivity contribution >= 4 is 22.5 Å². The number of amides is 1. The van der Waals surface area contributed by atoms with Crippen molar-refractivity contribution in [1.82, 2.24) is 4.98 Å². The molecule has 29 heavy (non-hydrogen) atoms. The number of pyridine rings is 1. The number of anilines is 1. The van der Waals surface area contributed by atoms with E-state index in [1.54, 1.807) is 18.3 Å². The molecule has 0 bridgehead atoms. The summed E-state index contributed by atoms with van der Waals surface area (Å²) in [7, 11) is 4.53. The third kappa shape index (κ3) is 4.18. The van der Waals surface area contributed by atoms with Crippen LogP contribution in [0.25, 0.3) is 10.9 Å². The molecule has 0 saturated carbocycles. The zero-order chi connectivity index (χ0) is 20.8. The Bertz CT molecular complexity index is 994. The SMILES string of the molecule is CCCOc1ccc(NC(=O)c2cc(OC)c(OC)c(OC)c2)c2cccnc12. The lowest BCUT2D eigenvalue weighted by Gasteiger charge is -2.15. The summed E-state index contributed by atoms with van der Waals surface area (Å²) in [6, 6.07) is 10.6. The van der Waals surface area contributed by atoms with Crippen LogP contribution >= 0.6 is 0 Å². The van der Waals surface area contributed by atoms with E-state index in [0.717, 1.165) is 11.8 Å². The van der Waals surface area contributed by atoms with E-state index in [1.807, 2.05) is 31.2 Å². The Morgan fingerprint density at radius 1 is 1.00 bits per heavy atom. The molecule has 1 aromatic heterocycles. The van der Waals surface area contributed by atoms with Crippen LogP contribution in [0.2, 0.25) is 0 Å². The first-order chi connectivity index (χ1) is 14.1. The van der Waals surface area contributed by atoms with Crippen LogP contribution in [0.5, 0.6) is 23.0 Å². The molecule has 0 aliphatic heterocycles. The molecule has 0 fully saturated rings. The molecule has 3 rings (SSSR count). The molecule has 1 heterocycles. The van der Waals surface area contributed by atoms with Gasteiger partial charge in [0.25, 0.3) is 5.91 Å². The summed E-state index contributed by atoms with van der Waals surface area (Å²) in [4.78, 5) is 17.4. The lowest BCUT2D eigenvalue weighted by atomic mass is 10.1. The van der Waals surface area contributed by atoms with Gasteiger partial charge >= 0.3 is 0 Å². The minimum atomic E-state index is -0.309. The van der Waals surface area contributed by atoms with Crippen molar-refractivity contribution in [3.8, 4) is 23.0 Å². The van der Waals surface area contributed by atoms with Gasteiger partial charge in [0.15, 0.2) is 11.5 Å². The van der Waals surface area contributed by atoms with E-state index in [0.29, 0.717) is 46.4 Å². The van der Waals surface area contributed by atoms with E-state index in [-0.39, 0.29) is 5.91 Å². The second-order valence-electron chi connectivity index (χ2n) is 6.23. The van der Waals surface area contributed by atoms with Crippen LogP contribution in [0, 0.1) is 0 Å². The molecule has 0 spiro atoms. The monoisotopic (exact) mass is 396 g/mol. The van der Waals surface area contributed by atoms with Gasteiger partial charge in [-0.2, -0.15) is 0 Å². The van der Waals surface area contributed by atoms with Crippen molar-refractivity contribution in [2.45, 2.75) is 13.3 Å². The van der Waals surface area contributed by atoms with E-state index < -0.39 is 0 Å². The minimum Gasteiger partial charge on any atom is -0.493 e. The molecule has 0 aliphatic rings. The summed E-state index contributed by atoms with van der Waals surface area (Å²) in [5, 5.41) is 3.73. The van der Waals surface area contributed by atoms with Crippen molar-refractivity contribution < 1.29 is 23.7 Å². The van der Waals surface area contributed by atoms with Gasteiger partial charge in [-0.3, -0.25) is 9.78 Å². The number of aromatic nitrogens is 1. The number of methoxy groups -OCH3 is 3. The van der Waals surface area contributed by atoms with Crippen LogP contribution in [-0.2, 0) is 0 Å². The average Bonchev–Trinajstić information content (AvgIpc) is 2.77. The summed E-state index contributed by atoms with van der Waals surface area (Å²) in [5.74, 6) is 1.63. The van der Waals surface area contributed by atoms with Gasteiger partial charge in [-0.25, -0.2) is 0 Å². The number of nitrogens with zero attached hydrogens (tertiary/aromatic N) is 1. The van der Waals surface area contributed by atoms with E-state index in [1.165, 1.54) is 21.3 Å². The number of carbonyl (C=O) groups is 1. The van der Waals surface area contributed by atoms with Gasteiger partial charge in [0, 0.05) is 17.1 Å². The largest absolute Gasteiger partial charge is 0.493 e. The van der Waals surface area contributed by atoms with Crippen LogP contribution < -0.4 is 24.3 Å². The second-order valence-corrected chi connectivity index (χ2v) is 6.23. The maximum Gasteiger partial charge on any atom is 0.255 e. The molecule has 0 atom stereocenters. The molecule has 0 saturated heterocycles. The van der Waals surface area contributed by atoms with E-state index in [4.69, 9.17) is 18.9 Å². The standard InChI is InChI=1S/C22H24N2O5/c1-5-11-29-17-9-8-16(15-7-6-10-23-20(15)17)24-22(25)14-12-18(26-2)21(28-4)19(13-14)27-3/h6-10,12-13H,5,11H2,1-4H3,(H,24,25). The number of fused-ring (bicyclic) bond motifs is 1. The van der Waals surface area contributed by atoms with Gasteiger partial charge in [-0.05, 0) is 42.8 Å². The molecular formula is C22H24N2O5. The summed E-state index contributed by atoms with van der Waals surface area (Å²) >= 11 is 0. The molecule has 1 N–H and O–H groups in total. The minimum absolute atomic E-state index is 0.309. The topological polar surface area (TPSA) is 78.9 Å². The summed E-state index contributed by atoms with van der Waals surface area (Å²) in [6.45, 7) is 2.64. The molecule has 3 aromatic rings. The number of carbonyl (C=O) groups excluding carboxylic acids is 1. The Labute approximate surface area is 169 Å². The highest BCUT2D eigenvalue weighted by Crippen LogP contribution is 2.38. The zero-order valence-electron chi connectivity index (χ0n) is 16.9. The van der Waals surface area contributed by atoms with Crippen molar-refractivity contribution in [1.29, 1.82) is 0 Å². The van der Waals surface area contributed by atoms with Crippen molar-refractivity contribution in [3.63, 3.8) is 0 Å². The molecule has 0 unspecified atom stereocenters. The first kappa shape index (κ1) is 20.3. The first-order valence-corrected chi connectivity index (χ1v) is 9.24. The lowest BCUT2D eigenvalue weighted by molar-refractivity contribution is 0.102. The number of rotatable bonds is 8. The van der Waals surface area contributed by atoms with Crippen LogP contribution in [0.3, 0.4) is 0 Å². The quantitative estimate of drug-likeness (QED) is 0.612. The fraction of sp³-hybridized carbons (Fsp3) is 0.273. The molecule has 1 amide bonds. The average molecular weight is 396 g/mol. The third-order valence-corrected chi connectivity index (χ3v) is 4.37. The summed E-state index contributed by atoms with van der Waals surface area (Å²) in [6.07, 6.45) is 2.60. The van der Waals surface area contributed by atoms with Gasteiger partial charge in [0.05, 0.1) is 33.6 Å². The predicted octanol–water partition coefficient (Wildman–Crippen LogP) is 4.30. The highest BCUT2D eigenvalue weighted by Gasteiger charge is 2.18. The highest BCUT2D eigenvalue weighted by atomic mass is 16.5. The van der Waals surface area contributed by atoms with Crippen LogP contribution in [-0.4, -0.2) is 38.8 Å². The molecule has 152 valence electrons. The Balaban J connectivity index is 1.96. The number of nitrogens with one attached hydrogen (secondary N) is 1. The number of benzene rings is 2. The lowest BCUT2D eigenvalue weighted by Crippen LogP contribution is -2.13. The number of hydrogen-bond donors (Lipinski definition) is 1. The van der Waals surface area contributed by atoms with Gasteiger partial charge in [0.2, 0.25) is 5.75 Å². The summed E-state index contributed by atoms with van der Waals surface area (Å²) < 4.78 is 21.8. The second kappa shape index (κ2) is 9.14. The molecule has 0 aliphatic carbocycles. The van der Waals surface area contributed by atoms with Gasteiger partial charge < -0.3 is 24.3 Å². The molecule has 0 radical (unpaired) electrons. The maximum atomic E-state index is 12.9.